The first kappa shape index (κ1) is 12.7. The summed E-state index contributed by atoms with van der Waals surface area (Å²) in [6.45, 7) is 0.529. The van der Waals surface area contributed by atoms with Crippen molar-refractivity contribution in [1.29, 1.82) is 0 Å². The van der Waals surface area contributed by atoms with E-state index in [-0.39, 0.29) is 13.1 Å². The standard InChI is InChI=1S/C12H18N2O2/c15-6-4-13-9-11-2-1-3-12(8-11)10-14-5-7-16/h6-7,9-12H,1-5,8H2. The molecule has 0 amide bonds. The summed E-state index contributed by atoms with van der Waals surface area (Å²) in [4.78, 5) is 28.3. The first-order chi connectivity index (χ1) is 7.86. The van der Waals surface area contributed by atoms with Gasteiger partial charge >= 0.3 is 0 Å². The molecule has 2 atom stereocenters. The van der Waals surface area contributed by atoms with Crippen molar-refractivity contribution >= 4 is 25.0 Å². The lowest BCUT2D eigenvalue weighted by molar-refractivity contribution is -0.107. The normalized spacial score (nSPS) is 26.2. The number of hydrogen-bond acceptors (Lipinski definition) is 4. The third-order valence-electron chi connectivity index (χ3n) is 2.75. The van der Waals surface area contributed by atoms with E-state index in [1.807, 2.05) is 12.4 Å². The fourth-order valence-corrected chi connectivity index (χ4v) is 2.04. The molecule has 0 bridgehead atoms. The van der Waals surface area contributed by atoms with Crippen LogP contribution in [0, 0.1) is 11.8 Å². The van der Waals surface area contributed by atoms with Crippen molar-refractivity contribution in [2.45, 2.75) is 25.7 Å². The van der Waals surface area contributed by atoms with Crippen LogP contribution in [0.5, 0.6) is 0 Å². The topological polar surface area (TPSA) is 58.9 Å². The van der Waals surface area contributed by atoms with Crippen molar-refractivity contribution < 1.29 is 9.59 Å². The van der Waals surface area contributed by atoms with Crippen LogP contribution in [0.2, 0.25) is 0 Å². The maximum atomic E-state index is 10.1. The molecule has 16 heavy (non-hydrogen) atoms. The van der Waals surface area contributed by atoms with Gasteiger partial charge in [-0.15, -0.1) is 0 Å². The van der Waals surface area contributed by atoms with E-state index in [1.165, 1.54) is 0 Å². The molecular formula is C12H18N2O2. The van der Waals surface area contributed by atoms with Gasteiger partial charge in [0.2, 0.25) is 0 Å². The highest BCUT2D eigenvalue weighted by atomic mass is 16.1. The summed E-state index contributed by atoms with van der Waals surface area (Å²) < 4.78 is 0. The summed E-state index contributed by atoms with van der Waals surface area (Å²) in [6, 6.07) is 0. The smallest absolute Gasteiger partial charge is 0.141 e. The van der Waals surface area contributed by atoms with Gasteiger partial charge < -0.3 is 9.59 Å². The molecule has 0 aromatic heterocycles. The number of aldehydes is 2. The summed E-state index contributed by atoms with van der Waals surface area (Å²) in [5.41, 5.74) is 0. The maximum Gasteiger partial charge on any atom is 0.141 e. The average Bonchev–Trinajstić information content (AvgIpc) is 2.30. The van der Waals surface area contributed by atoms with Crippen LogP contribution < -0.4 is 0 Å². The van der Waals surface area contributed by atoms with Crippen LogP contribution in [0.3, 0.4) is 0 Å². The van der Waals surface area contributed by atoms with E-state index in [1.54, 1.807) is 0 Å². The zero-order valence-corrected chi connectivity index (χ0v) is 9.42. The van der Waals surface area contributed by atoms with E-state index in [9.17, 15) is 9.59 Å². The Labute approximate surface area is 95.9 Å². The lowest BCUT2D eigenvalue weighted by atomic mass is 9.82. The van der Waals surface area contributed by atoms with E-state index in [0.29, 0.717) is 11.8 Å². The predicted octanol–water partition coefficient (Wildman–Crippen LogP) is 1.33. The Hall–Kier alpha value is -1.32. The Morgan fingerprint density at radius 1 is 0.938 bits per heavy atom. The van der Waals surface area contributed by atoms with Gasteiger partial charge in [0.05, 0.1) is 13.1 Å². The van der Waals surface area contributed by atoms with Crippen LogP contribution in [-0.4, -0.2) is 38.1 Å². The van der Waals surface area contributed by atoms with Gasteiger partial charge in [-0.2, -0.15) is 0 Å². The second kappa shape index (κ2) is 7.91. The molecule has 0 radical (unpaired) electrons. The molecule has 2 unspecified atom stereocenters. The van der Waals surface area contributed by atoms with Crippen molar-refractivity contribution in [3.8, 4) is 0 Å². The molecule has 4 nitrogen and oxygen atoms in total. The Morgan fingerprint density at radius 3 is 1.88 bits per heavy atom. The molecule has 1 aliphatic rings. The molecule has 0 saturated heterocycles. The number of aliphatic imine (C=N–C) groups is 2. The quantitative estimate of drug-likeness (QED) is 0.503. The lowest BCUT2D eigenvalue weighted by Crippen LogP contribution is -2.17. The molecule has 1 rings (SSSR count). The van der Waals surface area contributed by atoms with Crippen LogP contribution in [0.1, 0.15) is 25.7 Å². The minimum atomic E-state index is 0.264. The molecule has 1 saturated carbocycles. The number of carbonyl (C=O) groups excluding carboxylic acids is 2. The minimum absolute atomic E-state index is 0.264. The second-order valence-corrected chi connectivity index (χ2v) is 4.05. The summed E-state index contributed by atoms with van der Waals surface area (Å²) in [5, 5.41) is 0. The molecule has 1 fully saturated rings. The van der Waals surface area contributed by atoms with Gasteiger partial charge in [-0.05, 0) is 31.1 Å². The van der Waals surface area contributed by atoms with Crippen molar-refractivity contribution in [3.63, 3.8) is 0 Å². The Bertz CT molecular complexity index is 248. The lowest BCUT2D eigenvalue weighted by Gasteiger charge is -2.23. The first-order valence-corrected chi connectivity index (χ1v) is 5.74. The molecule has 1 aliphatic carbocycles. The zero-order valence-electron chi connectivity index (χ0n) is 9.42. The Morgan fingerprint density at radius 2 is 1.44 bits per heavy atom. The molecular weight excluding hydrogens is 204 g/mol. The number of rotatable bonds is 6. The average molecular weight is 222 g/mol. The monoisotopic (exact) mass is 222 g/mol. The van der Waals surface area contributed by atoms with Gasteiger partial charge in [0.15, 0.2) is 0 Å². The molecule has 88 valence electrons. The third-order valence-corrected chi connectivity index (χ3v) is 2.75. The molecule has 0 spiro atoms. The minimum Gasteiger partial charge on any atom is -0.301 e. The molecule has 0 aromatic rings. The fraction of sp³-hybridized carbons (Fsp3) is 0.667. The summed E-state index contributed by atoms with van der Waals surface area (Å²) in [5.74, 6) is 0.919. The molecule has 0 aliphatic heterocycles. The van der Waals surface area contributed by atoms with Crippen LogP contribution in [0.25, 0.3) is 0 Å². The van der Waals surface area contributed by atoms with Crippen molar-refractivity contribution in [3.05, 3.63) is 0 Å². The highest BCUT2D eigenvalue weighted by Crippen LogP contribution is 2.26. The number of carbonyl (C=O) groups is 2. The third kappa shape index (κ3) is 4.96. The zero-order chi connectivity index (χ0) is 11.6. The van der Waals surface area contributed by atoms with E-state index in [2.05, 4.69) is 9.98 Å². The summed E-state index contributed by atoms with van der Waals surface area (Å²) in [7, 11) is 0. The predicted molar refractivity (Wildman–Crippen MR) is 64.3 cm³/mol. The summed E-state index contributed by atoms with van der Waals surface area (Å²) >= 11 is 0. The highest BCUT2D eigenvalue weighted by molar-refractivity contribution is 5.68. The van der Waals surface area contributed by atoms with E-state index in [0.717, 1.165) is 38.3 Å². The highest BCUT2D eigenvalue weighted by Gasteiger charge is 2.18. The number of hydrogen-bond donors (Lipinski definition) is 0. The molecule has 4 heteroatoms. The molecule has 0 N–H and O–H groups in total. The van der Waals surface area contributed by atoms with Gasteiger partial charge in [-0.1, -0.05) is 6.42 Å². The van der Waals surface area contributed by atoms with Crippen LogP contribution in [0.4, 0.5) is 0 Å². The SMILES string of the molecule is O=CCN=CC1CCCC(C=NCC=O)C1. The maximum absolute atomic E-state index is 10.1. The van der Waals surface area contributed by atoms with Crippen LogP contribution >= 0.6 is 0 Å². The van der Waals surface area contributed by atoms with Gasteiger partial charge in [0.25, 0.3) is 0 Å². The molecule has 0 aromatic carbocycles. The van der Waals surface area contributed by atoms with Gasteiger partial charge in [0.1, 0.15) is 12.6 Å². The van der Waals surface area contributed by atoms with E-state index < -0.39 is 0 Å². The molecule has 0 heterocycles. The summed E-state index contributed by atoms with van der Waals surface area (Å²) in [6.07, 6.45) is 9.88. The van der Waals surface area contributed by atoms with E-state index in [4.69, 9.17) is 0 Å². The second-order valence-electron chi connectivity index (χ2n) is 4.05. The Balaban J connectivity index is 2.34. The van der Waals surface area contributed by atoms with Crippen molar-refractivity contribution in [2.75, 3.05) is 13.1 Å². The van der Waals surface area contributed by atoms with Crippen LogP contribution in [-0.2, 0) is 9.59 Å². The number of nitrogens with zero attached hydrogens (tertiary/aromatic N) is 2. The van der Waals surface area contributed by atoms with Gasteiger partial charge in [-0.25, -0.2) is 0 Å². The fourth-order valence-electron chi connectivity index (χ4n) is 2.04. The van der Waals surface area contributed by atoms with Crippen LogP contribution in [0.15, 0.2) is 9.98 Å². The van der Waals surface area contributed by atoms with Gasteiger partial charge in [0, 0.05) is 12.4 Å². The van der Waals surface area contributed by atoms with Crippen molar-refractivity contribution in [1.82, 2.24) is 0 Å². The van der Waals surface area contributed by atoms with Gasteiger partial charge in [-0.3, -0.25) is 9.98 Å². The first-order valence-electron chi connectivity index (χ1n) is 5.74. The van der Waals surface area contributed by atoms with Crippen molar-refractivity contribution in [2.24, 2.45) is 21.8 Å². The largest absolute Gasteiger partial charge is 0.301 e. The van der Waals surface area contributed by atoms with E-state index >= 15 is 0 Å². The Kier molecular flexibility index (Phi) is 6.30.